The number of nitrogens with one attached hydrogen (secondary N) is 3. The lowest BCUT2D eigenvalue weighted by Gasteiger charge is -2.11. The number of amides is 1. The van der Waals surface area contributed by atoms with E-state index in [0.29, 0.717) is 23.2 Å². The Hall–Kier alpha value is -3.81. The number of rotatable bonds is 5. The number of aromatic nitrogens is 2. The fourth-order valence-corrected chi connectivity index (χ4v) is 2.81. The standard InChI is InChI=1S/C20H19N5O3/c1-12-21-19(24-15-5-3-14(4-6-15)23-13(2)26)10-20(22-12)25-16-7-8-17-18(9-16)28-11-27-17/h3-10H,11H2,1-2H3,(H,23,26)(H2,21,22,24,25). The average Bonchev–Trinajstić information content (AvgIpc) is 3.10. The van der Waals surface area contributed by atoms with Gasteiger partial charge in [0.05, 0.1) is 0 Å². The first-order valence-corrected chi connectivity index (χ1v) is 8.72. The molecule has 0 unspecified atom stereocenters. The first kappa shape index (κ1) is 17.6. The Balaban J connectivity index is 1.50. The third-order valence-electron chi connectivity index (χ3n) is 3.96. The maximum Gasteiger partial charge on any atom is 0.231 e. The van der Waals surface area contributed by atoms with E-state index in [2.05, 4.69) is 25.9 Å². The number of ether oxygens (including phenoxy) is 2. The highest BCUT2D eigenvalue weighted by Gasteiger charge is 2.13. The van der Waals surface area contributed by atoms with Gasteiger partial charge < -0.3 is 25.4 Å². The second-order valence-corrected chi connectivity index (χ2v) is 6.26. The van der Waals surface area contributed by atoms with E-state index < -0.39 is 0 Å². The van der Waals surface area contributed by atoms with Crippen LogP contribution in [-0.2, 0) is 4.79 Å². The largest absolute Gasteiger partial charge is 0.454 e. The van der Waals surface area contributed by atoms with Crippen LogP contribution >= 0.6 is 0 Å². The molecule has 3 N–H and O–H groups in total. The molecule has 28 heavy (non-hydrogen) atoms. The lowest BCUT2D eigenvalue weighted by molar-refractivity contribution is -0.114. The number of nitrogens with zero attached hydrogens (tertiary/aromatic N) is 2. The van der Waals surface area contributed by atoms with E-state index in [1.54, 1.807) is 0 Å². The van der Waals surface area contributed by atoms with Gasteiger partial charge in [-0.25, -0.2) is 9.97 Å². The van der Waals surface area contributed by atoms with Gasteiger partial charge in [0, 0.05) is 36.1 Å². The minimum atomic E-state index is -0.105. The van der Waals surface area contributed by atoms with E-state index in [0.717, 1.165) is 22.8 Å². The van der Waals surface area contributed by atoms with Crippen molar-refractivity contribution in [2.45, 2.75) is 13.8 Å². The van der Waals surface area contributed by atoms with Crippen molar-refractivity contribution in [3.63, 3.8) is 0 Å². The molecule has 2 heterocycles. The van der Waals surface area contributed by atoms with Crippen molar-refractivity contribution < 1.29 is 14.3 Å². The van der Waals surface area contributed by atoms with Gasteiger partial charge >= 0.3 is 0 Å². The van der Waals surface area contributed by atoms with Crippen molar-refractivity contribution in [1.29, 1.82) is 0 Å². The first-order valence-electron chi connectivity index (χ1n) is 8.72. The normalized spacial score (nSPS) is 11.8. The molecule has 142 valence electrons. The molecule has 0 atom stereocenters. The molecule has 0 saturated carbocycles. The van der Waals surface area contributed by atoms with Gasteiger partial charge in [-0.1, -0.05) is 0 Å². The zero-order valence-electron chi connectivity index (χ0n) is 15.4. The van der Waals surface area contributed by atoms with Crippen LogP contribution in [0.3, 0.4) is 0 Å². The summed E-state index contributed by atoms with van der Waals surface area (Å²) in [5, 5.41) is 9.24. The summed E-state index contributed by atoms with van der Waals surface area (Å²) in [5.74, 6) is 3.27. The summed E-state index contributed by atoms with van der Waals surface area (Å²) < 4.78 is 10.7. The Bertz CT molecular complexity index is 1020. The molecule has 0 aliphatic carbocycles. The van der Waals surface area contributed by atoms with E-state index in [1.165, 1.54) is 6.92 Å². The quantitative estimate of drug-likeness (QED) is 0.619. The molecule has 0 fully saturated rings. The molecule has 0 spiro atoms. The van der Waals surface area contributed by atoms with Crippen molar-refractivity contribution in [2.75, 3.05) is 22.7 Å². The van der Waals surface area contributed by atoms with Crippen LogP contribution in [0.25, 0.3) is 0 Å². The highest BCUT2D eigenvalue weighted by atomic mass is 16.7. The number of fused-ring (bicyclic) bond motifs is 1. The Kier molecular flexibility index (Phi) is 4.67. The van der Waals surface area contributed by atoms with Gasteiger partial charge in [-0.05, 0) is 43.3 Å². The fourth-order valence-electron chi connectivity index (χ4n) is 2.81. The Morgan fingerprint density at radius 2 is 1.46 bits per heavy atom. The summed E-state index contributed by atoms with van der Waals surface area (Å²) >= 11 is 0. The minimum Gasteiger partial charge on any atom is -0.454 e. The zero-order valence-corrected chi connectivity index (χ0v) is 15.4. The maximum absolute atomic E-state index is 11.1. The van der Waals surface area contributed by atoms with Crippen molar-refractivity contribution in [1.82, 2.24) is 9.97 Å². The monoisotopic (exact) mass is 377 g/mol. The SMILES string of the molecule is CC(=O)Nc1ccc(Nc2cc(Nc3ccc4c(c3)OCO4)nc(C)n2)cc1. The van der Waals surface area contributed by atoms with Gasteiger partial charge in [-0.15, -0.1) is 0 Å². The Labute approximate surface area is 161 Å². The van der Waals surface area contributed by atoms with Gasteiger partial charge in [-0.2, -0.15) is 0 Å². The number of aryl methyl sites for hydroxylation is 1. The number of carbonyl (C=O) groups excluding carboxylic acids is 1. The Morgan fingerprint density at radius 1 is 0.857 bits per heavy atom. The van der Waals surface area contributed by atoms with Crippen molar-refractivity contribution >= 4 is 34.6 Å². The van der Waals surface area contributed by atoms with Gasteiger partial charge in [0.2, 0.25) is 12.7 Å². The molecule has 1 aliphatic rings. The minimum absolute atomic E-state index is 0.105. The van der Waals surface area contributed by atoms with Gasteiger partial charge in [0.25, 0.3) is 0 Å². The summed E-state index contributed by atoms with van der Waals surface area (Å²) in [7, 11) is 0. The predicted molar refractivity (Wildman–Crippen MR) is 107 cm³/mol. The summed E-state index contributed by atoms with van der Waals surface area (Å²) in [6.45, 7) is 3.54. The molecule has 0 radical (unpaired) electrons. The summed E-state index contributed by atoms with van der Waals surface area (Å²) in [6, 6.07) is 14.8. The van der Waals surface area contributed by atoms with Crippen LogP contribution in [0.1, 0.15) is 12.7 Å². The predicted octanol–water partition coefficient (Wildman–Crippen LogP) is 3.96. The highest BCUT2D eigenvalue weighted by molar-refractivity contribution is 5.88. The van der Waals surface area contributed by atoms with Crippen molar-refractivity contribution in [3.05, 3.63) is 54.4 Å². The van der Waals surface area contributed by atoms with Crippen molar-refractivity contribution in [3.8, 4) is 11.5 Å². The lowest BCUT2D eigenvalue weighted by atomic mass is 10.2. The van der Waals surface area contributed by atoms with E-state index in [-0.39, 0.29) is 12.7 Å². The topological polar surface area (TPSA) is 97.4 Å². The molecule has 8 heteroatoms. The van der Waals surface area contributed by atoms with Gasteiger partial charge in [0.15, 0.2) is 11.5 Å². The van der Waals surface area contributed by atoms with E-state index in [9.17, 15) is 4.79 Å². The van der Waals surface area contributed by atoms with Crippen LogP contribution < -0.4 is 25.4 Å². The fraction of sp³-hybridized carbons (Fsp3) is 0.150. The van der Waals surface area contributed by atoms with E-state index in [1.807, 2.05) is 55.5 Å². The summed E-state index contributed by atoms with van der Waals surface area (Å²) in [5.41, 5.74) is 2.43. The molecule has 8 nitrogen and oxygen atoms in total. The molecular formula is C20H19N5O3. The van der Waals surface area contributed by atoms with Gasteiger partial charge in [-0.3, -0.25) is 4.79 Å². The van der Waals surface area contributed by atoms with Crippen LogP contribution in [0, 0.1) is 6.92 Å². The molecule has 1 aromatic heterocycles. The molecule has 0 saturated heterocycles. The highest BCUT2D eigenvalue weighted by Crippen LogP contribution is 2.35. The van der Waals surface area contributed by atoms with E-state index in [4.69, 9.17) is 9.47 Å². The zero-order chi connectivity index (χ0) is 19.5. The van der Waals surface area contributed by atoms with Crippen LogP contribution in [0.15, 0.2) is 48.5 Å². The first-order chi connectivity index (χ1) is 13.5. The number of anilines is 5. The number of carbonyl (C=O) groups is 1. The maximum atomic E-state index is 11.1. The Morgan fingerprint density at radius 3 is 2.18 bits per heavy atom. The molecule has 1 aliphatic heterocycles. The third-order valence-corrected chi connectivity index (χ3v) is 3.96. The summed E-state index contributed by atoms with van der Waals surface area (Å²) in [4.78, 5) is 20.0. The number of benzene rings is 2. The number of hydrogen-bond acceptors (Lipinski definition) is 7. The van der Waals surface area contributed by atoms with Crippen LogP contribution in [-0.4, -0.2) is 22.7 Å². The lowest BCUT2D eigenvalue weighted by Crippen LogP contribution is -2.05. The molecule has 1 amide bonds. The van der Waals surface area contributed by atoms with Gasteiger partial charge in [0.1, 0.15) is 17.5 Å². The average molecular weight is 377 g/mol. The van der Waals surface area contributed by atoms with Crippen LogP contribution in [0.2, 0.25) is 0 Å². The number of hydrogen-bond donors (Lipinski definition) is 3. The summed E-state index contributed by atoms with van der Waals surface area (Å²) in [6.07, 6.45) is 0. The second-order valence-electron chi connectivity index (χ2n) is 6.26. The van der Waals surface area contributed by atoms with Crippen molar-refractivity contribution in [2.24, 2.45) is 0 Å². The molecule has 0 bridgehead atoms. The van der Waals surface area contributed by atoms with Crippen LogP contribution in [0.4, 0.5) is 28.7 Å². The molecular weight excluding hydrogens is 358 g/mol. The molecule has 4 rings (SSSR count). The smallest absolute Gasteiger partial charge is 0.231 e. The second kappa shape index (κ2) is 7.43. The molecule has 2 aromatic carbocycles. The third kappa shape index (κ3) is 4.12. The van der Waals surface area contributed by atoms with Crippen LogP contribution in [0.5, 0.6) is 11.5 Å². The molecule has 3 aromatic rings. The van der Waals surface area contributed by atoms with E-state index >= 15 is 0 Å².